The molecule has 0 aliphatic heterocycles. The zero-order valence-electron chi connectivity index (χ0n) is 10.7. The average Bonchev–Trinajstić information content (AvgIpc) is 3.01. The number of benzene rings is 1. The lowest BCUT2D eigenvalue weighted by Gasteiger charge is -1.99. The molecule has 0 bridgehead atoms. The highest BCUT2D eigenvalue weighted by Gasteiger charge is 2.12. The predicted molar refractivity (Wildman–Crippen MR) is 72.1 cm³/mol. The van der Waals surface area contributed by atoms with Gasteiger partial charge in [-0.2, -0.15) is 5.10 Å². The molecule has 1 aromatic carbocycles. The van der Waals surface area contributed by atoms with Crippen LogP contribution < -0.4 is 0 Å². The second kappa shape index (κ2) is 4.72. The van der Waals surface area contributed by atoms with E-state index in [1.165, 1.54) is 0 Å². The van der Waals surface area contributed by atoms with Gasteiger partial charge in [0.1, 0.15) is 5.58 Å². The SMILES string of the molecule is Cn1nccc1CCC(=O)c1cc2ccccc2o1. The Labute approximate surface area is 110 Å². The van der Waals surface area contributed by atoms with Crippen molar-refractivity contribution in [1.82, 2.24) is 9.78 Å². The van der Waals surface area contributed by atoms with Gasteiger partial charge in [0.05, 0.1) is 0 Å². The fourth-order valence-electron chi connectivity index (χ4n) is 2.13. The summed E-state index contributed by atoms with van der Waals surface area (Å²) in [5.74, 6) is 0.459. The number of para-hydroxylation sites is 1. The number of hydrogen-bond acceptors (Lipinski definition) is 3. The van der Waals surface area contributed by atoms with Crippen LogP contribution in [0.1, 0.15) is 22.7 Å². The van der Waals surface area contributed by atoms with E-state index in [-0.39, 0.29) is 5.78 Å². The molecule has 96 valence electrons. The third kappa shape index (κ3) is 2.29. The molecule has 0 unspecified atom stereocenters. The van der Waals surface area contributed by atoms with Gasteiger partial charge in [0.2, 0.25) is 0 Å². The van der Waals surface area contributed by atoms with Crippen LogP contribution in [-0.2, 0) is 13.5 Å². The molecule has 3 rings (SSSR count). The van der Waals surface area contributed by atoms with Crippen molar-refractivity contribution in [2.24, 2.45) is 7.05 Å². The van der Waals surface area contributed by atoms with Gasteiger partial charge in [-0.1, -0.05) is 18.2 Å². The van der Waals surface area contributed by atoms with Gasteiger partial charge in [0.15, 0.2) is 11.5 Å². The second-order valence-electron chi connectivity index (χ2n) is 4.52. The van der Waals surface area contributed by atoms with Crippen molar-refractivity contribution in [1.29, 1.82) is 0 Å². The second-order valence-corrected chi connectivity index (χ2v) is 4.52. The van der Waals surface area contributed by atoms with E-state index in [1.807, 2.05) is 37.4 Å². The zero-order chi connectivity index (χ0) is 13.2. The van der Waals surface area contributed by atoms with Crippen LogP contribution >= 0.6 is 0 Å². The number of aryl methyl sites for hydroxylation is 2. The number of furan rings is 1. The minimum absolute atomic E-state index is 0.0254. The highest BCUT2D eigenvalue weighted by molar-refractivity contribution is 5.97. The zero-order valence-corrected chi connectivity index (χ0v) is 10.7. The molecular weight excluding hydrogens is 240 g/mol. The first kappa shape index (κ1) is 11.7. The van der Waals surface area contributed by atoms with E-state index in [0.717, 1.165) is 16.7 Å². The number of aromatic nitrogens is 2. The fourth-order valence-corrected chi connectivity index (χ4v) is 2.13. The van der Waals surface area contributed by atoms with Crippen molar-refractivity contribution in [3.05, 3.63) is 54.0 Å². The van der Waals surface area contributed by atoms with Gasteiger partial charge >= 0.3 is 0 Å². The van der Waals surface area contributed by atoms with Crippen molar-refractivity contribution in [2.75, 3.05) is 0 Å². The van der Waals surface area contributed by atoms with Gasteiger partial charge in [0.25, 0.3) is 0 Å². The largest absolute Gasteiger partial charge is 0.453 e. The third-order valence-electron chi connectivity index (χ3n) is 3.23. The number of rotatable bonds is 4. The smallest absolute Gasteiger partial charge is 0.198 e. The van der Waals surface area contributed by atoms with Gasteiger partial charge in [-0.05, 0) is 24.6 Å². The fraction of sp³-hybridized carbons (Fsp3) is 0.200. The van der Waals surface area contributed by atoms with Crippen molar-refractivity contribution in [2.45, 2.75) is 12.8 Å². The van der Waals surface area contributed by atoms with Gasteiger partial charge in [-0.15, -0.1) is 0 Å². The summed E-state index contributed by atoms with van der Waals surface area (Å²) < 4.78 is 7.34. The van der Waals surface area contributed by atoms with Crippen LogP contribution in [0.2, 0.25) is 0 Å². The third-order valence-corrected chi connectivity index (χ3v) is 3.23. The molecule has 0 N–H and O–H groups in total. The van der Waals surface area contributed by atoms with Crippen molar-refractivity contribution < 1.29 is 9.21 Å². The van der Waals surface area contributed by atoms with Crippen LogP contribution in [0.5, 0.6) is 0 Å². The monoisotopic (exact) mass is 254 g/mol. The number of ketones is 1. The molecular formula is C15H14N2O2. The number of carbonyl (C=O) groups is 1. The summed E-state index contributed by atoms with van der Waals surface area (Å²) in [5, 5.41) is 5.05. The topological polar surface area (TPSA) is 48.0 Å². The maximum atomic E-state index is 12.1. The first-order valence-electron chi connectivity index (χ1n) is 6.23. The standard InChI is InChI=1S/C15H14N2O2/c1-17-12(8-9-16-17)6-7-13(18)15-10-11-4-2-3-5-14(11)19-15/h2-5,8-10H,6-7H2,1H3. The quantitative estimate of drug-likeness (QED) is 0.672. The maximum Gasteiger partial charge on any atom is 0.198 e. The molecule has 0 spiro atoms. The summed E-state index contributed by atoms with van der Waals surface area (Å²) in [6, 6.07) is 11.4. The molecule has 0 fully saturated rings. The van der Waals surface area contributed by atoms with Crippen LogP contribution in [0, 0.1) is 0 Å². The first-order chi connectivity index (χ1) is 9.24. The summed E-state index contributed by atoms with van der Waals surface area (Å²) in [5.41, 5.74) is 1.80. The lowest BCUT2D eigenvalue weighted by molar-refractivity contribution is 0.0957. The van der Waals surface area contributed by atoms with Crippen molar-refractivity contribution in [3.63, 3.8) is 0 Å². The molecule has 3 aromatic rings. The van der Waals surface area contributed by atoms with E-state index in [2.05, 4.69) is 5.10 Å². The molecule has 0 saturated heterocycles. The minimum atomic E-state index is 0.0254. The maximum absolute atomic E-state index is 12.1. The van der Waals surface area contributed by atoms with E-state index in [4.69, 9.17) is 4.42 Å². The lowest BCUT2D eigenvalue weighted by atomic mass is 10.1. The van der Waals surface area contributed by atoms with E-state index < -0.39 is 0 Å². The number of hydrogen-bond donors (Lipinski definition) is 0. The summed E-state index contributed by atoms with van der Waals surface area (Å²) in [4.78, 5) is 12.1. The molecule has 0 amide bonds. The Kier molecular flexibility index (Phi) is 2.91. The molecule has 0 saturated carbocycles. The molecule has 4 heteroatoms. The van der Waals surface area contributed by atoms with Crippen LogP contribution in [0.4, 0.5) is 0 Å². The Morgan fingerprint density at radius 1 is 1.32 bits per heavy atom. The molecule has 0 atom stereocenters. The molecule has 19 heavy (non-hydrogen) atoms. The number of fused-ring (bicyclic) bond motifs is 1. The Hall–Kier alpha value is -2.36. The Morgan fingerprint density at radius 2 is 2.16 bits per heavy atom. The lowest BCUT2D eigenvalue weighted by Crippen LogP contribution is -2.03. The molecule has 0 radical (unpaired) electrons. The van der Waals surface area contributed by atoms with Crippen molar-refractivity contribution in [3.8, 4) is 0 Å². The number of carbonyl (C=O) groups excluding carboxylic acids is 1. The number of Topliss-reactive ketones (excluding diaryl/α,β-unsaturated/α-hetero) is 1. The normalized spacial score (nSPS) is 11.0. The first-order valence-corrected chi connectivity index (χ1v) is 6.23. The molecule has 2 heterocycles. The van der Waals surface area contributed by atoms with Crippen LogP contribution in [-0.4, -0.2) is 15.6 Å². The predicted octanol–water partition coefficient (Wildman–Crippen LogP) is 2.98. The van der Waals surface area contributed by atoms with Crippen molar-refractivity contribution >= 4 is 16.8 Å². The molecule has 2 aromatic heterocycles. The van der Waals surface area contributed by atoms with Gasteiger partial charge in [-0.25, -0.2) is 0 Å². The summed E-state index contributed by atoms with van der Waals surface area (Å²) >= 11 is 0. The van der Waals surface area contributed by atoms with E-state index in [1.54, 1.807) is 16.9 Å². The molecule has 0 aliphatic rings. The highest BCUT2D eigenvalue weighted by Crippen LogP contribution is 2.20. The van der Waals surface area contributed by atoms with Gasteiger partial charge in [-0.3, -0.25) is 9.48 Å². The Bertz CT molecular complexity index is 691. The number of nitrogens with zero attached hydrogens (tertiary/aromatic N) is 2. The van der Waals surface area contributed by atoms with E-state index >= 15 is 0 Å². The molecule has 0 aliphatic carbocycles. The van der Waals surface area contributed by atoms with E-state index in [9.17, 15) is 4.79 Å². The van der Waals surface area contributed by atoms with Crippen LogP contribution in [0.3, 0.4) is 0 Å². The summed E-state index contributed by atoms with van der Waals surface area (Å²) in [6.45, 7) is 0. The van der Waals surface area contributed by atoms with Gasteiger partial charge in [0, 0.05) is 30.7 Å². The van der Waals surface area contributed by atoms with Crippen LogP contribution in [0.25, 0.3) is 11.0 Å². The summed E-state index contributed by atoms with van der Waals surface area (Å²) in [6.07, 6.45) is 2.84. The van der Waals surface area contributed by atoms with Gasteiger partial charge < -0.3 is 4.42 Å². The molecule has 4 nitrogen and oxygen atoms in total. The Morgan fingerprint density at radius 3 is 2.89 bits per heavy atom. The summed E-state index contributed by atoms with van der Waals surface area (Å²) in [7, 11) is 1.88. The minimum Gasteiger partial charge on any atom is -0.453 e. The average molecular weight is 254 g/mol. The highest BCUT2D eigenvalue weighted by atomic mass is 16.3. The van der Waals surface area contributed by atoms with Crippen LogP contribution in [0.15, 0.2) is 47.0 Å². The Balaban J connectivity index is 1.75. The van der Waals surface area contributed by atoms with E-state index in [0.29, 0.717) is 18.6 Å².